The second kappa shape index (κ2) is 6.78. The molecule has 4 aromatic rings. The molecule has 1 aliphatic rings. The first kappa shape index (κ1) is 17.0. The molecule has 0 spiro atoms. The molecule has 2 aromatic carbocycles. The molecular weight excluding hydrogens is 401 g/mol. The Morgan fingerprint density at radius 3 is 2.26 bits per heavy atom. The van der Waals surface area contributed by atoms with Gasteiger partial charge in [0.2, 0.25) is 0 Å². The van der Waals surface area contributed by atoms with Gasteiger partial charge in [0.15, 0.2) is 16.1 Å². The summed E-state index contributed by atoms with van der Waals surface area (Å²) >= 11 is 14.2. The van der Waals surface area contributed by atoms with Crippen LogP contribution in [0.15, 0.2) is 42.5 Å². The summed E-state index contributed by atoms with van der Waals surface area (Å²) in [5, 5.41) is 2.23. The number of nitrogens with zero attached hydrogens (tertiary/aromatic N) is 5. The summed E-state index contributed by atoms with van der Waals surface area (Å²) in [7, 11) is 0. The third-order valence-corrected chi connectivity index (χ3v) is 6.27. The topological polar surface area (TPSA) is 45.2 Å². The standard InChI is InChI=1S/C19H15Cl2N5S/c20-12-5-6-15-16(11-12)27-19(24-15)26-9-7-25(8-10-26)18-17(21)22-13-3-1-2-4-14(13)23-18/h1-6,11H,7-10H2. The summed E-state index contributed by atoms with van der Waals surface area (Å²) in [5.41, 5.74) is 2.67. The Bertz CT molecular complexity index is 1140. The fourth-order valence-electron chi connectivity index (χ4n) is 3.30. The molecule has 0 N–H and O–H groups in total. The Labute approximate surface area is 170 Å². The molecular formula is C19H15Cl2N5S. The second-order valence-electron chi connectivity index (χ2n) is 6.41. The second-order valence-corrected chi connectivity index (χ2v) is 8.21. The lowest BCUT2D eigenvalue weighted by atomic mass is 10.3. The minimum atomic E-state index is 0.455. The Hall–Kier alpha value is -2.15. The van der Waals surface area contributed by atoms with Gasteiger partial charge in [-0.15, -0.1) is 0 Å². The van der Waals surface area contributed by atoms with Crippen LogP contribution in [-0.2, 0) is 0 Å². The normalized spacial score (nSPS) is 15.0. The number of hydrogen-bond donors (Lipinski definition) is 0. The van der Waals surface area contributed by atoms with Gasteiger partial charge in [-0.2, -0.15) is 0 Å². The van der Waals surface area contributed by atoms with Crippen molar-refractivity contribution in [3.63, 3.8) is 0 Å². The highest BCUT2D eigenvalue weighted by Crippen LogP contribution is 2.32. The number of hydrogen-bond acceptors (Lipinski definition) is 6. The first-order valence-electron chi connectivity index (χ1n) is 8.66. The molecule has 8 heteroatoms. The van der Waals surface area contributed by atoms with Crippen LogP contribution in [0.1, 0.15) is 0 Å². The molecule has 0 unspecified atom stereocenters. The van der Waals surface area contributed by atoms with Gasteiger partial charge in [-0.05, 0) is 30.3 Å². The zero-order valence-corrected chi connectivity index (χ0v) is 16.6. The molecule has 0 atom stereocenters. The van der Waals surface area contributed by atoms with E-state index >= 15 is 0 Å². The predicted molar refractivity (Wildman–Crippen MR) is 114 cm³/mol. The SMILES string of the molecule is Clc1ccc2nc(N3CCN(c4nc5ccccc5nc4Cl)CC3)sc2c1. The predicted octanol–water partition coefficient (Wildman–Crippen LogP) is 4.87. The van der Waals surface area contributed by atoms with E-state index in [1.165, 1.54) is 0 Å². The van der Waals surface area contributed by atoms with Gasteiger partial charge in [-0.1, -0.05) is 46.7 Å². The highest BCUT2D eigenvalue weighted by atomic mass is 35.5. The molecule has 0 amide bonds. The zero-order valence-electron chi connectivity index (χ0n) is 14.3. The number of benzene rings is 2. The highest BCUT2D eigenvalue weighted by Gasteiger charge is 2.23. The van der Waals surface area contributed by atoms with Gasteiger partial charge in [-0.3, -0.25) is 0 Å². The van der Waals surface area contributed by atoms with Gasteiger partial charge in [0.05, 0.1) is 21.3 Å². The fourth-order valence-corrected chi connectivity index (χ4v) is 4.85. The van der Waals surface area contributed by atoms with Crippen molar-refractivity contribution < 1.29 is 0 Å². The van der Waals surface area contributed by atoms with Crippen LogP contribution in [0.25, 0.3) is 21.3 Å². The van der Waals surface area contributed by atoms with E-state index in [-0.39, 0.29) is 0 Å². The van der Waals surface area contributed by atoms with Crippen molar-refractivity contribution in [1.29, 1.82) is 0 Å². The van der Waals surface area contributed by atoms with Crippen LogP contribution in [0, 0.1) is 0 Å². The van der Waals surface area contributed by atoms with Crippen LogP contribution < -0.4 is 9.80 Å². The van der Waals surface area contributed by atoms with Crippen molar-refractivity contribution in [2.75, 3.05) is 36.0 Å². The molecule has 136 valence electrons. The van der Waals surface area contributed by atoms with Gasteiger partial charge in [0, 0.05) is 31.2 Å². The van der Waals surface area contributed by atoms with Crippen molar-refractivity contribution in [2.24, 2.45) is 0 Å². The fraction of sp³-hybridized carbons (Fsp3) is 0.211. The largest absolute Gasteiger partial charge is 0.350 e. The quantitative estimate of drug-likeness (QED) is 0.467. The molecule has 0 bridgehead atoms. The summed E-state index contributed by atoms with van der Waals surface area (Å²) in [6.45, 7) is 3.36. The molecule has 0 saturated carbocycles. The average molecular weight is 416 g/mol. The Kier molecular flexibility index (Phi) is 4.27. The van der Waals surface area contributed by atoms with Crippen LogP contribution in [-0.4, -0.2) is 41.1 Å². The Balaban J connectivity index is 1.37. The Morgan fingerprint density at radius 1 is 0.778 bits per heavy atom. The summed E-state index contributed by atoms with van der Waals surface area (Å²) in [6.07, 6.45) is 0. The van der Waals surface area contributed by atoms with Crippen molar-refractivity contribution >= 4 is 66.7 Å². The lowest BCUT2D eigenvalue weighted by Gasteiger charge is -2.35. The van der Waals surface area contributed by atoms with Crippen LogP contribution >= 0.6 is 34.5 Å². The number of anilines is 2. The van der Waals surface area contributed by atoms with Crippen LogP contribution in [0.5, 0.6) is 0 Å². The van der Waals surface area contributed by atoms with E-state index < -0.39 is 0 Å². The number of piperazine rings is 1. The summed E-state index contributed by atoms with van der Waals surface area (Å²) in [6, 6.07) is 13.6. The third-order valence-electron chi connectivity index (χ3n) is 4.70. The molecule has 1 aliphatic heterocycles. The van der Waals surface area contributed by atoms with E-state index in [9.17, 15) is 0 Å². The first-order valence-corrected chi connectivity index (χ1v) is 10.2. The van der Waals surface area contributed by atoms with E-state index in [4.69, 9.17) is 33.2 Å². The van der Waals surface area contributed by atoms with Crippen LogP contribution in [0.4, 0.5) is 10.9 Å². The molecule has 1 fully saturated rings. The van der Waals surface area contributed by atoms with E-state index in [1.807, 2.05) is 42.5 Å². The van der Waals surface area contributed by atoms with Crippen molar-refractivity contribution in [3.8, 4) is 0 Å². The monoisotopic (exact) mass is 415 g/mol. The average Bonchev–Trinajstić information content (AvgIpc) is 3.11. The van der Waals surface area contributed by atoms with Gasteiger partial charge >= 0.3 is 0 Å². The summed E-state index contributed by atoms with van der Waals surface area (Å²) in [4.78, 5) is 18.5. The van der Waals surface area contributed by atoms with Gasteiger partial charge in [-0.25, -0.2) is 15.0 Å². The van der Waals surface area contributed by atoms with Crippen molar-refractivity contribution in [2.45, 2.75) is 0 Å². The maximum absolute atomic E-state index is 6.41. The van der Waals surface area contributed by atoms with E-state index in [2.05, 4.69) is 14.8 Å². The van der Waals surface area contributed by atoms with Gasteiger partial charge in [0.25, 0.3) is 0 Å². The number of rotatable bonds is 2. The van der Waals surface area contributed by atoms with Crippen LogP contribution in [0.2, 0.25) is 10.2 Å². The number of fused-ring (bicyclic) bond motifs is 2. The maximum atomic E-state index is 6.41. The van der Waals surface area contributed by atoms with E-state index in [0.29, 0.717) is 5.15 Å². The number of halogens is 2. The molecule has 3 heterocycles. The first-order chi connectivity index (χ1) is 13.2. The van der Waals surface area contributed by atoms with E-state index in [0.717, 1.165) is 63.4 Å². The summed E-state index contributed by atoms with van der Waals surface area (Å²) in [5.74, 6) is 0.756. The van der Waals surface area contributed by atoms with Crippen molar-refractivity contribution in [1.82, 2.24) is 15.0 Å². The molecule has 0 aliphatic carbocycles. The van der Waals surface area contributed by atoms with Crippen molar-refractivity contribution in [3.05, 3.63) is 52.6 Å². The minimum absolute atomic E-state index is 0.455. The smallest absolute Gasteiger partial charge is 0.186 e. The molecule has 0 radical (unpaired) electrons. The molecule has 5 rings (SSSR count). The third kappa shape index (κ3) is 3.18. The molecule has 27 heavy (non-hydrogen) atoms. The van der Waals surface area contributed by atoms with Gasteiger partial charge < -0.3 is 9.80 Å². The lowest BCUT2D eigenvalue weighted by molar-refractivity contribution is 0.646. The summed E-state index contributed by atoms with van der Waals surface area (Å²) < 4.78 is 1.11. The minimum Gasteiger partial charge on any atom is -0.350 e. The molecule has 1 saturated heterocycles. The zero-order chi connectivity index (χ0) is 18.4. The number of thiazole rings is 1. The van der Waals surface area contributed by atoms with E-state index in [1.54, 1.807) is 11.3 Å². The number of para-hydroxylation sites is 2. The molecule has 5 nitrogen and oxygen atoms in total. The highest BCUT2D eigenvalue weighted by molar-refractivity contribution is 7.22. The molecule has 2 aromatic heterocycles. The number of aromatic nitrogens is 3. The van der Waals surface area contributed by atoms with Gasteiger partial charge in [0.1, 0.15) is 0 Å². The Morgan fingerprint density at radius 2 is 1.48 bits per heavy atom. The van der Waals surface area contributed by atoms with Crippen LogP contribution in [0.3, 0.4) is 0 Å². The lowest BCUT2D eigenvalue weighted by Crippen LogP contribution is -2.47. The maximum Gasteiger partial charge on any atom is 0.186 e.